The fourth-order valence-corrected chi connectivity index (χ4v) is 10.0. The summed E-state index contributed by atoms with van der Waals surface area (Å²) in [5.41, 5.74) is 1.69. The van der Waals surface area contributed by atoms with Gasteiger partial charge in [-0.25, -0.2) is 13.8 Å². The average molecular weight is 916 g/mol. The molecule has 344 valence electrons. The van der Waals surface area contributed by atoms with Crippen LogP contribution in [0.4, 0.5) is 26.2 Å². The lowest BCUT2D eigenvalue weighted by atomic mass is 9.82. The maximum atomic E-state index is 16.0. The number of pyridine rings is 1. The molecule has 3 saturated heterocycles. The first-order chi connectivity index (χ1) is 31.3. The zero-order chi connectivity index (χ0) is 45.7. The molecule has 2 aromatic carbocycles. The largest absolute Gasteiger partial charge is 0.478 e. The molecule has 0 radical (unpaired) electrons. The third kappa shape index (κ3) is 8.87. The summed E-state index contributed by atoms with van der Waals surface area (Å²) >= 11 is 6.58. The van der Waals surface area contributed by atoms with Crippen molar-refractivity contribution in [2.24, 2.45) is 0 Å². The van der Waals surface area contributed by atoms with Crippen molar-refractivity contribution in [3.05, 3.63) is 80.5 Å². The van der Waals surface area contributed by atoms with E-state index in [9.17, 15) is 24.0 Å². The molecule has 0 bridgehead atoms. The molecule has 0 spiro atoms. The Morgan fingerprint density at radius 2 is 1.80 bits per heavy atom. The maximum absolute atomic E-state index is 16.0. The molecule has 1 saturated carbocycles. The van der Waals surface area contributed by atoms with E-state index in [1.54, 1.807) is 22.9 Å². The highest BCUT2D eigenvalue weighted by Crippen LogP contribution is 2.40. The minimum absolute atomic E-state index is 0.0633. The van der Waals surface area contributed by atoms with Crippen molar-refractivity contribution in [1.82, 2.24) is 35.0 Å². The van der Waals surface area contributed by atoms with Crippen LogP contribution in [0.25, 0.3) is 10.9 Å². The quantitative estimate of drug-likeness (QED) is 0.160. The monoisotopic (exact) mass is 915 g/mol. The number of carbonyl (C=O) groups is 4. The summed E-state index contributed by atoms with van der Waals surface area (Å²) in [6.07, 6.45) is 4.30. The van der Waals surface area contributed by atoms with Gasteiger partial charge in [0.1, 0.15) is 23.1 Å². The fourth-order valence-electron chi connectivity index (χ4n) is 9.89. The van der Waals surface area contributed by atoms with Crippen molar-refractivity contribution in [2.45, 2.75) is 108 Å². The first kappa shape index (κ1) is 44.5. The van der Waals surface area contributed by atoms with E-state index >= 15 is 8.78 Å². The van der Waals surface area contributed by atoms with E-state index < -0.39 is 41.7 Å². The van der Waals surface area contributed by atoms with Crippen molar-refractivity contribution >= 4 is 63.6 Å². The standard InChI is InChI=1S/C46H52ClF2N9O7/c1-24(2)58-36-7-4-26(16-25(36)17-38(45(58)63)64-23-40(60)50-3)52-42-34(47)20-51-46(54-42)55-13-10-28(11-14-55)65-29-18-27(19-29)56-15-12-30(35(48)22-56)31-5-6-32-33(41(31)49)21-57(44(32)62)37-8-9-39(59)53-43(37)61/h4-7,16-17,20,24,27-30,35,37H,8-15,18-19,21-23H2,1-3H3,(H,50,60)(H,51,52,54)(H,53,59,61)/t27-,29-,30-,35-,37?/m0/s1. The molecule has 6 heterocycles. The molecule has 4 amide bonds. The highest BCUT2D eigenvalue weighted by atomic mass is 35.5. The highest BCUT2D eigenvalue weighted by molar-refractivity contribution is 6.33. The third-order valence-corrected chi connectivity index (χ3v) is 13.8. The lowest BCUT2D eigenvalue weighted by Gasteiger charge is -2.47. The van der Waals surface area contributed by atoms with Crippen LogP contribution in [0.5, 0.6) is 5.75 Å². The lowest BCUT2D eigenvalue weighted by molar-refractivity contribution is -0.137. The molecule has 4 fully saturated rings. The van der Waals surface area contributed by atoms with E-state index in [0.29, 0.717) is 54.0 Å². The zero-order valence-electron chi connectivity index (χ0n) is 36.5. The van der Waals surface area contributed by atoms with Crippen LogP contribution in [-0.4, -0.2) is 118 Å². The fraction of sp³-hybridized carbons (Fsp3) is 0.500. The van der Waals surface area contributed by atoms with E-state index in [0.717, 1.165) is 31.1 Å². The number of ether oxygens (including phenoxy) is 2. The summed E-state index contributed by atoms with van der Waals surface area (Å²) in [6.45, 7) is 5.61. The minimum atomic E-state index is -1.29. The van der Waals surface area contributed by atoms with Gasteiger partial charge in [0.25, 0.3) is 17.4 Å². The lowest BCUT2D eigenvalue weighted by Crippen LogP contribution is -2.54. The Balaban J connectivity index is 0.756. The van der Waals surface area contributed by atoms with Gasteiger partial charge in [-0.15, -0.1) is 0 Å². The van der Waals surface area contributed by atoms with E-state index in [1.807, 2.05) is 32.0 Å². The number of likely N-dealkylation sites (tertiary alicyclic amines) is 1. The number of nitrogens with one attached hydrogen (secondary N) is 3. The van der Waals surface area contributed by atoms with Gasteiger partial charge < -0.3 is 34.5 Å². The van der Waals surface area contributed by atoms with Crippen LogP contribution < -0.4 is 31.1 Å². The van der Waals surface area contributed by atoms with E-state index in [4.69, 9.17) is 26.1 Å². The van der Waals surface area contributed by atoms with Crippen LogP contribution in [0.1, 0.15) is 92.2 Å². The molecule has 5 aliphatic rings. The van der Waals surface area contributed by atoms with Gasteiger partial charge in [-0.05, 0) is 94.8 Å². The number of benzene rings is 2. The number of rotatable bonds is 12. The molecular weight excluding hydrogens is 864 g/mol. The van der Waals surface area contributed by atoms with Crippen LogP contribution in [0.3, 0.4) is 0 Å². The molecule has 1 aliphatic carbocycles. The van der Waals surface area contributed by atoms with Gasteiger partial charge in [0.05, 0.1) is 30.5 Å². The van der Waals surface area contributed by atoms with E-state index in [1.165, 1.54) is 18.0 Å². The van der Waals surface area contributed by atoms with Crippen LogP contribution in [0.15, 0.2) is 47.4 Å². The molecule has 65 heavy (non-hydrogen) atoms. The van der Waals surface area contributed by atoms with Crippen LogP contribution in [-0.2, 0) is 25.7 Å². The predicted molar refractivity (Wildman–Crippen MR) is 238 cm³/mol. The second kappa shape index (κ2) is 18.3. The van der Waals surface area contributed by atoms with Gasteiger partial charge in [-0.2, -0.15) is 4.98 Å². The van der Waals surface area contributed by atoms with E-state index in [-0.39, 0.29) is 90.7 Å². The van der Waals surface area contributed by atoms with Crippen LogP contribution in [0, 0.1) is 5.82 Å². The maximum Gasteiger partial charge on any atom is 0.293 e. The molecule has 2 aromatic heterocycles. The third-order valence-electron chi connectivity index (χ3n) is 13.5. The second-order valence-electron chi connectivity index (χ2n) is 17.9. The smallest absolute Gasteiger partial charge is 0.293 e. The first-order valence-electron chi connectivity index (χ1n) is 22.3. The normalized spacial score (nSPS) is 24.0. The molecule has 1 unspecified atom stereocenters. The average Bonchev–Trinajstić information content (AvgIpc) is 3.61. The molecule has 4 aromatic rings. The van der Waals surface area contributed by atoms with Crippen molar-refractivity contribution in [3.8, 4) is 5.75 Å². The van der Waals surface area contributed by atoms with Crippen molar-refractivity contribution in [1.29, 1.82) is 0 Å². The number of carbonyl (C=O) groups excluding carboxylic acids is 4. The number of hydrogen-bond donors (Lipinski definition) is 3. The summed E-state index contributed by atoms with van der Waals surface area (Å²) in [6, 6.07) is 9.43. The summed E-state index contributed by atoms with van der Waals surface area (Å²) in [7, 11) is 1.50. The van der Waals surface area contributed by atoms with Crippen LogP contribution >= 0.6 is 11.6 Å². The number of imide groups is 1. The number of hydrogen-bond acceptors (Lipinski definition) is 12. The van der Waals surface area contributed by atoms with Gasteiger partial charge in [0, 0.05) is 73.3 Å². The Hall–Kier alpha value is -5.72. The van der Waals surface area contributed by atoms with Gasteiger partial charge in [0.15, 0.2) is 18.2 Å². The van der Waals surface area contributed by atoms with Crippen molar-refractivity contribution in [2.75, 3.05) is 50.1 Å². The summed E-state index contributed by atoms with van der Waals surface area (Å²) in [5, 5.41) is 9.12. The van der Waals surface area contributed by atoms with Crippen LogP contribution in [0.2, 0.25) is 5.02 Å². The Kier molecular flexibility index (Phi) is 12.5. The molecule has 19 heteroatoms. The number of piperidine rings is 3. The number of likely N-dealkylation sites (N-methyl/N-ethyl adjacent to an activating group) is 1. The van der Waals surface area contributed by atoms with Gasteiger partial charge >= 0.3 is 0 Å². The number of aromatic nitrogens is 3. The Labute approximate surface area is 379 Å². The Morgan fingerprint density at radius 3 is 2.52 bits per heavy atom. The number of fused-ring (bicyclic) bond motifs is 2. The molecule has 3 N–H and O–H groups in total. The number of anilines is 3. The molecule has 9 rings (SSSR count). The van der Waals surface area contributed by atoms with E-state index in [2.05, 4.69) is 30.7 Å². The molecule has 3 atom stereocenters. The molecular formula is C46H52ClF2N9O7. The number of nitrogens with zero attached hydrogens (tertiary/aromatic N) is 6. The minimum Gasteiger partial charge on any atom is -0.478 e. The molecule has 4 aliphatic heterocycles. The SMILES string of the molecule is CNC(=O)COc1cc2cc(Nc3nc(N4CCC(O[C@H]5C[C@H](N6CC[C@@H](c7ccc8c(c7F)CN(C7CCC(=O)NC7=O)C8=O)[C@@H](F)C6)C5)CC4)ncc3Cl)ccc2n(C(C)C)c1=O. The topological polar surface area (TPSA) is 180 Å². The van der Waals surface area contributed by atoms with Crippen molar-refractivity contribution in [3.63, 3.8) is 0 Å². The Morgan fingerprint density at radius 1 is 1.02 bits per heavy atom. The van der Waals surface area contributed by atoms with Gasteiger partial charge in [0.2, 0.25) is 17.8 Å². The second-order valence-corrected chi connectivity index (χ2v) is 18.3. The number of amides is 4. The first-order valence-corrected chi connectivity index (χ1v) is 22.7. The predicted octanol–water partition coefficient (Wildman–Crippen LogP) is 5.14. The number of halogens is 3. The van der Waals surface area contributed by atoms with Crippen molar-refractivity contribution < 1.29 is 37.4 Å². The van der Waals surface area contributed by atoms with Gasteiger partial charge in [-0.3, -0.25) is 34.2 Å². The highest BCUT2D eigenvalue weighted by Gasteiger charge is 2.44. The summed E-state index contributed by atoms with van der Waals surface area (Å²) in [4.78, 5) is 77.2. The number of alkyl halides is 1. The summed E-state index contributed by atoms with van der Waals surface area (Å²) in [5.74, 6) is -1.96. The van der Waals surface area contributed by atoms with Gasteiger partial charge in [-0.1, -0.05) is 17.7 Å². The summed E-state index contributed by atoms with van der Waals surface area (Å²) < 4.78 is 45.7. The Bertz CT molecular complexity index is 2600. The zero-order valence-corrected chi connectivity index (χ0v) is 37.2. The molecule has 16 nitrogen and oxygen atoms in total.